The lowest BCUT2D eigenvalue weighted by Crippen LogP contribution is -2.65. The lowest BCUT2D eigenvalue weighted by Gasteiger charge is -2.50. The van der Waals surface area contributed by atoms with Crippen molar-refractivity contribution in [2.24, 2.45) is 17.6 Å². The second kappa shape index (κ2) is 7.15. The Hall–Kier alpha value is -3.69. The van der Waals surface area contributed by atoms with Crippen LogP contribution in [0.25, 0.3) is 16.5 Å². The average Bonchev–Trinajstić information content (AvgIpc) is 2.75. The molecule has 0 unspecified atom stereocenters. The van der Waals surface area contributed by atoms with Crippen LogP contribution in [0.2, 0.25) is 0 Å². The van der Waals surface area contributed by atoms with E-state index in [0.717, 1.165) is 10.8 Å². The number of hydrogen-bond donors (Lipinski definition) is 5. The van der Waals surface area contributed by atoms with Gasteiger partial charge in [-0.1, -0.05) is 24.3 Å². The molecule has 5 rings (SSSR count). The van der Waals surface area contributed by atoms with Crippen molar-refractivity contribution in [3.05, 3.63) is 58.4 Å². The molecule has 6 N–H and O–H groups in total. The Morgan fingerprint density at radius 3 is 2.47 bits per heavy atom. The van der Waals surface area contributed by atoms with E-state index in [4.69, 9.17) is 5.73 Å². The summed E-state index contributed by atoms with van der Waals surface area (Å²) in [5, 5.41) is 45.8. The molecule has 0 spiro atoms. The number of rotatable bonds is 2. The third-order valence-corrected chi connectivity index (χ3v) is 7.45. The molecule has 4 atom stereocenters. The van der Waals surface area contributed by atoms with Crippen LogP contribution in [0.1, 0.15) is 17.5 Å². The Bertz CT molecular complexity index is 1370. The van der Waals surface area contributed by atoms with Crippen molar-refractivity contribution in [3.63, 3.8) is 0 Å². The quantitative estimate of drug-likeness (QED) is 0.413. The zero-order chi connectivity index (χ0) is 24.7. The Morgan fingerprint density at radius 1 is 1.15 bits per heavy atom. The van der Waals surface area contributed by atoms with Crippen molar-refractivity contribution in [2.45, 2.75) is 24.5 Å². The van der Waals surface area contributed by atoms with Crippen molar-refractivity contribution in [1.29, 1.82) is 0 Å². The van der Waals surface area contributed by atoms with Gasteiger partial charge in [0, 0.05) is 11.5 Å². The summed E-state index contributed by atoms with van der Waals surface area (Å²) in [5.74, 6) is -6.52. The topological polar surface area (TPSA) is 161 Å². The molecule has 0 radical (unpaired) electrons. The molecule has 0 saturated heterocycles. The van der Waals surface area contributed by atoms with Crippen molar-refractivity contribution < 1.29 is 34.8 Å². The van der Waals surface area contributed by atoms with Crippen LogP contribution in [0.5, 0.6) is 5.75 Å². The van der Waals surface area contributed by atoms with E-state index < -0.39 is 58.0 Å². The predicted octanol–water partition coefficient (Wildman–Crippen LogP) is 1.12. The number of benzene rings is 2. The van der Waals surface area contributed by atoms with Crippen molar-refractivity contribution >= 4 is 34.0 Å². The number of fused-ring (bicyclic) bond motifs is 5. The first-order valence-electron chi connectivity index (χ1n) is 10.9. The number of hydrogen-bond acceptors (Lipinski definition) is 8. The highest BCUT2D eigenvalue weighted by molar-refractivity contribution is 6.24. The number of aromatic hydroxyl groups is 1. The number of ketones is 2. The summed E-state index contributed by atoms with van der Waals surface area (Å²) in [7, 11) is 3.14. The molecule has 2 aromatic rings. The Morgan fingerprint density at radius 2 is 1.82 bits per heavy atom. The molecule has 2 aromatic carbocycles. The van der Waals surface area contributed by atoms with Gasteiger partial charge in [0.2, 0.25) is 5.78 Å². The fraction of sp³-hybridized carbons (Fsp3) is 0.320. The van der Waals surface area contributed by atoms with Gasteiger partial charge in [-0.3, -0.25) is 19.3 Å². The molecule has 3 aliphatic carbocycles. The van der Waals surface area contributed by atoms with Crippen LogP contribution in [0.3, 0.4) is 0 Å². The smallest absolute Gasteiger partial charge is 0.255 e. The van der Waals surface area contributed by atoms with E-state index >= 15 is 0 Å². The number of likely N-dealkylation sites (N-methyl/N-ethyl adjacent to an activating group) is 1. The van der Waals surface area contributed by atoms with Gasteiger partial charge in [-0.05, 0) is 55.3 Å². The molecule has 0 aliphatic heterocycles. The largest absolute Gasteiger partial charge is 0.508 e. The highest BCUT2D eigenvalue weighted by atomic mass is 16.3. The Balaban J connectivity index is 1.78. The van der Waals surface area contributed by atoms with E-state index in [0.29, 0.717) is 5.56 Å². The number of aliphatic hydroxyl groups is 3. The number of phenols is 1. The monoisotopic (exact) mass is 464 g/mol. The zero-order valence-corrected chi connectivity index (χ0v) is 18.6. The first-order chi connectivity index (χ1) is 16.0. The molecule has 3 aliphatic rings. The van der Waals surface area contributed by atoms with Crippen LogP contribution in [-0.2, 0) is 20.8 Å². The Kier molecular flexibility index (Phi) is 4.65. The van der Waals surface area contributed by atoms with Crippen LogP contribution in [0.15, 0.2) is 47.2 Å². The summed E-state index contributed by atoms with van der Waals surface area (Å²) in [4.78, 5) is 40.3. The molecule has 34 heavy (non-hydrogen) atoms. The highest BCUT2D eigenvalue weighted by Gasteiger charge is 2.64. The molecule has 0 aromatic heterocycles. The lowest BCUT2D eigenvalue weighted by molar-refractivity contribution is -0.153. The molecule has 0 heterocycles. The standard InChI is InChI=1S/C25H24N2O7/c1-27(2)19-14-8-11-7-13-12-6-4-3-5-10(12)9-15(28)17(13)20(29)16(11)22(31)25(14,34)23(32)18(21(19)30)24(26)33/h3-6,9,11,14,19,28-29,32,34H,7-8H2,1-2H3,(H2,26,33)/t11-,14-,19-,25-/m0/s1. The maximum atomic E-state index is 13.7. The number of nitrogens with zero attached hydrogens (tertiary/aromatic N) is 1. The van der Waals surface area contributed by atoms with Gasteiger partial charge >= 0.3 is 0 Å². The van der Waals surface area contributed by atoms with Gasteiger partial charge in [0.15, 0.2) is 11.4 Å². The molecule has 1 fully saturated rings. The zero-order valence-electron chi connectivity index (χ0n) is 18.6. The number of Topliss-reactive ketones (excluding diaryl/α,β-unsaturated/α-hetero) is 2. The van der Waals surface area contributed by atoms with Gasteiger partial charge in [-0.25, -0.2) is 0 Å². The third kappa shape index (κ3) is 2.65. The van der Waals surface area contributed by atoms with Gasteiger partial charge in [0.1, 0.15) is 22.8 Å². The number of carbonyl (C=O) groups excluding carboxylic acids is 3. The number of nitrogens with two attached hydrogens (primary N) is 1. The van der Waals surface area contributed by atoms with E-state index in [9.17, 15) is 34.8 Å². The maximum absolute atomic E-state index is 13.7. The molecule has 9 heteroatoms. The molecular formula is C25H24N2O7. The molecule has 9 nitrogen and oxygen atoms in total. The summed E-state index contributed by atoms with van der Waals surface area (Å²) in [6.45, 7) is 0. The Labute approximate surface area is 194 Å². The van der Waals surface area contributed by atoms with E-state index in [1.165, 1.54) is 11.0 Å². The minimum absolute atomic E-state index is 0.0652. The second-order valence-electron chi connectivity index (χ2n) is 9.43. The van der Waals surface area contributed by atoms with E-state index in [1.807, 2.05) is 24.3 Å². The summed E-state index contributed by atoms with van der Waals surface area (Å²) in [6, 6.07) is 7.72. The number of primary amides is 1. The van der Waals surface area contributed by atoms with Crippen LogP contribution < -0.4 is 5.73 Å². The summed E-state index contributed by atoms with van der Waals surface area (Å²) >= 11 is 0. The van der Waals surface area contributed by atoms with Gasteiger partial charge in [0.25, 0.3) is 5.91 Å². The summed E-state index contributed by atoms with van der Waals surface area (Å²) < 4.78 is 0. The average molecular weight is 464 g/mol. The second-order valence-corrected chi connectivity index (χ2v) is 9.43. The first-order valence-corrected chi connectivity index (χ1v) is 10.9. The van der Waals surface area contributed by atoms with Gasteiger partial charge in [0.05, 0.1) is 11.6 Å². The molecular weight excluding hydrogens is 440 g/mol. The fourth-order valence-electron chi connectivity index (χ4n) is 6.01. The number of phenolic OH excluding ortho intramolecular Hbond substituents is 1. The molecule has 0 bridgehead atoms. The van der Waals surface area contributed by atoms with E-state index in [1.54, 1.807) is 14.1 Å². The number of carbonyl (C=O) groups is 3. The minimum Gasteiger partial charge on any atom is -0.508 e. The fourth-order valence-corrected chi connectivity index (χ4v) is 6.01. The van der Waals surface area contributed by atoms with Gasteiger partial charge in [-0.15, -0.1) is 0 Å². The lowest BCUT2D eigenvalue weighted by atomic mass is 9.57. The molecule has 1 amide bonds. The third-order valence-electron chi connectivity index (χ3n) is 7.45. The summed E-state index contributed by atoms with van der Waals surface area (Å²) in [6.07, 6.45) is 0.333. The van der Waals surface area contributed by atoms with Crippen molar-refractivity contribution in [3.8, 4) is 5.75 Å². The minimum atomic E-state index is -2.63. The van der Waals surface area contributed by atoms with Gasteiger partial charge < -0.3 is 26.2 Å². The van der Waals surface area contributed by atoms with Crippen molar-refractivity contribution in [1.82, 2.24) is 4.90 Å². The predicted molar refractivity (Wildman–Crippen MR) is 122 cm³/mol. The highest BCUT2D eigenvalue weighted by Crippen LogP contribution is 2.53. The normalized spacial score (nSPS) is 28.8. The maximum Gasteiger partial charge on any atom is 0.255 e. The van der Waals surface area contributed by atoms with Crippen LogP contribution in [0, 0.1) is 11.8 Å². The van der Waals surface area contributed by atoms with Crippen molar-refractivity contribution in [2.75, 3.05) is 14.1 Å². The first kappa shape index (κ1) is 22.1. The number of aliphatic hydroxyl groups excluding tert-OH is 2. The molecule has 1 saturated carbocycles. The van der Waals surface area contributed by atoms with Crippen LogP contribution >= 0.6 is 0 Å². The molecule has 176 valence electrons. The SMILES string of the molecule is CN(C)[C@@H]1C(=O)C(C(N)=O)=C(O)[C@@]2(O)C(=O)C3=C(O)c4c(O)cc5ccccc5c4C[C@H]3C[C@@H]12. The number of amides is 1. The van der Waals surface area contributed by atoms with Crippen LogP contribution in [-0.4, -0.2) is 68.5 Å². The summed E-state index contributed by atoms with van der Waals surface area (Å²) in [5.41, 5.74) is 2.46. The van der Waals surface area contributed by atoms with Crippen LogP contribution in [0.4, 0.5) is 0 Å². The van der Waals surface area contributed by atoms with E-state index in [-0.39, 0.29) is 29.7 Å². The van der Waals surface area contributed by atoms with E-state index in [2.05, 4.69) is 0 Å². The van der Waals surface area contributed by atoms with Gasteiger partial charge in [-0.2, -0.15) is 0 Å².